The molecule has 6 heteroatoms. The Balaban J connectivity index is 2.77. The van der Waals surface area contributed by atoms with Crippen molar-refractivity contribution in [3.05, 3.63) is 29.8 Å². The normalized spacial score (nSPS) is 10.4. The van der Waals surface area contributed by atoms with Crippen LogP contribution in [-0.4, -0.2) is 41.7 Å². The molecule has 1 rings (SSSR count). The molecule has 0 aliphatic heterocycles. The van der Waals surface area contributed by atoms with Gasteiger partial charge in [-0.05, 0) is 31.5 Å². The summed E-state index contributed by atoms with van der Waals surface area (Å²) in [5.74, 6) is -1.04. The summed E-state index contributed by atoms with van der Waals surface area (Å²) >= 11 is 0. The van der Waals surface area contributed by atoms with Crippen LogP contribution in [0.1, 0.15) is 19.4 Å². The van der Waals surface area contributed by atoms with E-state index >= 15 is 0 Å². The molecular formula is C14H20N2O4. The van der Waals surface area contributed by atoms with E-state index in [4.69, 9.17) is 9.84 Å². The number of hydrogen-bond acceptors (Lipinski definition) is 3. The summed E-state index contributed by atoms with van der Waals surface area (Å²) in [6.45, 7) is 3.65. The van der Waals surface area contributed by atoms with Crippen LogP contribution in [-0.2, 0) is 16.1 Å². The molecule has 1 aromatic carbocycles. The number of anilines is 1. The molecule has 0 atom stereocenters. The number of hydrogen-bond donors (Lipinski definition) is 2. The molecule has 20 heavy (non-hydrogen) atoms. The lowest BCUT2D eigenvalue weighted by Gasteiger charge is -2.25. The Morgan fingerprint density at radius 2 is 2.10 bits per heavy atom. The van der Waals surface area contributed by atoms with Crippen LogP contribution < -0.4 is 5.32 Å². The van der Waals surface area contributed by atoms with Crippen molar-refractivity contribution in [1.29, 1.82) is 0 Å². The summed E-state index contributed by atoms with van der Waals surface area (Å²) in [4.78, 5) is 24.1. The number of benzene rings is 1. The van der Waals surface area contributed by atoms with E-state index in [1.54, 1.807) is 39.2 Å². The quantitative estimate of drug-likeness (QED) is 0.837. The van der Waals surface area contributed by atoms with E-state index < -0.39 is 12.0 Å². The second-order valence-corrected chi connectivity index (χ2v) is 4.68. The van der Waals surface area contributed by atoms with Crippen LogP contribution in [0.15, 0.2) is 24.3 Å². The minimum absolute atomic E-state index is 0.201. The van der Waals surface area contributed by atoms with Crippen LogP contribution in [0.5, 0.6) is 0 Å². The van der Waals surface area contributed by atoms with Crippen molar-refractivity contribution in [2.75, 3.05) is 19.0 Å². The van der Waals surface area contributed by atoms with Gasteiger partial charge in [0.15, 0.2) is 0 Å². The van der Waals surface area contributed by atoms with E-state index in [0.717, 1.165) is 5.56 Å². The summed E-state index contributed by atoms with van der Waals surface area (Å²) < 4.78 is 5.03. The fourth-order valence-corrected chi connectivity index (χ4v) is 1.74. The number of urea groups is 1. The number of rotatable bonds is 6. The van der Waals surface area contributed by atoms with Crippen LogP contribution in [0.3, 0.4) is 0 Å². The molecule has 0 heterocycles. The van der Waals surface area contributed by atoms with Gasteiger partial charge < -0.3 is 20.1 Å². The highest BCUT2D eigenvalue weighted by molar-refractivity contribution is 5.91. The molecule has 1 aromatic rings. The molecule has 0 aliphatic carbocycles. The van der Waals surface area contributed by atoms with Crippen LogP contribution in [0.2, 0.25) is 0 Å². The number of ether oxygens (including phenoxy) is 1. The van der Waals surface area contributed by atoms with Crippen molar-refractivity contribution < 1.29 is 19.4 Å². The molecule has 0 unspecified atom stereocenters. The van der Waals surface area contributed by atoms with Gasteiger partial charge in [-0.15, -0.1) is 0 Å². The fraction of sp³-hybridized carbons (Fsp3) is 0.429. The maximum absolute atomic E-state index is 12.1. The first-order valence-corrected chi connectivity index (χ1v) is 6.31. The SMILES string of the molecule is COCc1cccc(NC(=O)N(CC(=O)O)C(C)C)c1. The molecule has 0 saturated carbocycles. The maximum atomic E-state index is 12.1. The standard InChI is InChI=1S/C14H20N2O4/c1-10(2)16(8-13(17)18)14(19)15-12-6-4-5-11(7-12)9-20-3/h4-7,10H,8-9H2,1-3H3,(H,15,19)(H,17,18). The predicted octanol–water partition coefficient (Wildman–Crippen LogP) is 2.16. The predicted molar refractivity (Wildman–Crippen MR) is 75.7 cm³/mol. The summed E-state index contributed by atoms with van der Waals surface area (Å²) in [5, 5.41) is 11.5. The van der Waals surface area contributed by atoms with E-state index in [9.17, 15) is 9.59 Å². The molecule has 2 N–H and O–H groups in total. The lowest BCUT2D eigenvalue weighted by Crippen LogP contribution is -2.43. The zero-order valence-electron chi connectivity index (χ0n) is 11.9. The number of carbonyl (C=O) groups is 2. The zero-order valence-corrected chi connectivity index (χ0v) is 11.9. The monoisotopic (exact) mass is 280 g/mol. The summed E-state index contributed by atoms with van der Waals surface area (Å²) in [6.07, 6.45) is 0. The number of carboxylic acids is 1. The number of carbonyl (C=O) groups excluding carboxylic acids is 1. The summed E-state index contributed by atoms with van der Waals surface area (Å²) in [6, 6.07) is 6.60. The maximum Gasteiger partial charge on any atom is 0.323 e. The third-order valence-electron chi connectivity index (χ3n) is 2.68. The van der Waals surface area contributed by atoms with Gasteiger partial charge in [-0.25, -0.2) is 4.79 Å². The smallest absolute Gasteiger partial charge is 0.323 e. The first-order chi connectivity index (χ1) is 9.43. The molecule has 0 saturated heterocycles. The number of carboxylic acid groups (broad SMARTS) is 1. The molecule has 0 fully saturated rings. The Kier molecular flexibility index (Phi) is 5.99. The number of nitrogens with zero attached hydrogens (tertiary/aromatic N) is 1. The Hall–Kier alpha value is -2.08. The second kappa shape index (κ2) is 7.49. The minimum atomic E-state index is -1.04. The van der Waals surface area contributed by atoms with E-state index in [0.29, 0.717) is 12.3 Å². The summed E-state index contributed by atoms with van der Waals surface area (Å²) in [5.41, 5.74) is 1.54. The first-order valence-electron chi connectivity index (χ1n) is 6.31. The Morgan fingerprint density at radius 3 is 2.65 bits per heavy atom. The van der Waals surface area contributed by atoms with E-state index in [1.807, 2.05) is 6.07 Å². The third-order valence-corrected chi connectivity index (χ3v) is 2.68. The van der Waals surface area contributed by atoms with Gasteiger partial charge in [-0.2, -0.15) is 0 Å². The van der Waals surface area contributed by atoms with Crippen LogP contribution in [0.4, 0.5) is 10.5 Å². The minimum Gasteiger partial charge on any atom is -0.480 e. The van der Waals surface area contributed by atoms with E-state index in [-0.39, 0.29) is 12.6 Å². The van der Waals surface area contributed by atoms with Crippen molar-refractivity contribution in [2.24, 2.45) is 0 Å². The van der Waals surface area contributed by atoms with Gasteiger partial charge in [0.2, 0.25) is 0 Å². The highest BCUT2D eigenvalue weighted by atomic mass is 16.5. The Labute approximate surface area is 118 Å². The van der Waals surface area contributed by atoms with Gasteiger partial charge in [0.1, 0.15) is 6.54 Å². The lowest BCUT2D eigenvalue weighted by molar-refractivity contribution is -0.137. The Bertz CT molecular complexity index is 474. The van der Waals surface area contributed by atoms with Crippen LogP contribution >= 0.6 is 0 Å². The van der Waals surface area contributed by atoms with Gasteiger partial charge in [-0.3, -0.25) is 4.79 Å². The van der Waals surface area contributed by atoms with Gasteiger partial charge in [0.25, 0.3) is 0 Å². The van der Waals surface area contributed by atoms with Gasteiger partial charge in [-0.1, -0.05) is 12.1 Å². The lowest BCUT2D eigenvalue weighted by atomic mass is 10.2. The molecule has 2 amide bonds. The van der Waals surface area contributed by atoms with Crippen molar-refractivity contribution in [1.82, 2.24) is 4.90 Å². The third kappa shape index (κ3) is 4.89. The molecule has 0 bridgehead atoms. The number of methoxy groups -OCH3 is 1. The first kappa shape index (κ1) is 16.0. The molecular weight excluding hydrogens is 260 g/mol. The average Bonchev–Trinajstić information content (AvgIpc) is 2.36. The van der Waals surface area contributed by atoms with Crippen molar-refractivity contribution in [3.8, 4) is 0 Å². The topological polar surface area (TPSA) is 78.9 Å². The molecule has 0 radical (unpaired) electrons. The number of nitrogens with one attached hydrogen (secondary N) is 1. The molecule has 6 nitrogen and oxygen atoms in total. The zero-order chi connectivity index (χ0) is 15.1. The Morgan fingerprint density at radius 1 is 1.40 bits per heavy atom. The largest absolute Gasteiger partial charge is 0.480 e. The number of amides is 2. The van der Waals surface area contributed by atoms with Gasteiger partial charge in [0, 0.05) is 18.8 Å². The van der Waals surface area contributed by atoms with Crippen molar-refractivity contribution in [2.45, 2.75) is 26.5 Å². The van der Waals surface area contributed by atoms with Crippen molar-refractivity contribution in [3.63, 3.8) is 0 Å². The fourth-order valence-electron chi connectivity index (χ4n) is 1.74. The average molecular weight is 280 g/mol. The van der Waals surface area contributed by atoms with Gasteiger partial charge in [0.05, 0.1) is 6.61 Å². The van der Waals surface area contributed by atoms with Crippen LogP contribution in [0, 0.1) is 0 Å². The highest BCUT2D eigenvalue weighted by Crippen LogP contribution is 2.13. The van der Waals surface area contributed by atoms with Crippen LogP contribution in [0.25, 0.3) is 0 Å². The molecule has 0 spiro atoms. The molecule has 110 valence electrons. The number of aliphatic carboxylic acids is 1. The van der Waals surface area contributed by atoms with Crippen molar-refractivity contribution >= 4 is 17.7 Å². The molecule has 0 aliphatic rings. The second-order valence-electron chi connectivity index (χ2n) is 4.68. The summed E-state index contributed by atoms with van der Waals surface area (Å²) in [7, 11) is 1.60. The van der Waals surface area contributed by atoms with E-state index in [1.165, 1.54) is 4.90 Å². The van der Waals surface area contributed by atoms with E-state index in [2.05, 4.69) is 5.32 Å². The highest BCUT2D eigenvalue weighted by Gasteiger charge is 2.19. The van der Waals surface area contributed by atoms with Gasteiger partial charge >= 0.3 is 12.0 Å². The molecule has 0 aromatic heterocycles.